The Morgan fingerprint density at radius 2 is 1.82 bits per heavy atom. The van der Waals surface area contributed by atoms with E-state index in [1.165, 1.54) is 19.2 Å². The quantitative estimate of drug-likeness (QED) is 0.870. The Morgan fingerprint density at radius 1 is 1.24 bits per heavy atom. The predicted octanol–water partition coefficient (Wildman–Crippen LogP) is 3.12. The Morgan fingerprint density at radius 3 is 2.35 bits per heavy atom. The lowest BCUT2D eigenvalue weighted by Gasteiger charge is -2.35. The van der Waals surface area contributed by atoms with Crippen molar-refractivity contribution in [2.45, 2.75) is 52.1 Å². The zero-order valence-electron chi connectivity index (χ0n) is 10.8. The van der Waals surface area contributed by atoms with E-state index in [0.29, 0.717) is 5.92 Å². The summed E-state index contributed by atoms with van der Waals surface area (Å²) in [7, 11) is 0. The van der Waals surface area contributed by atoms with Crippen LogP contribution in [0.2, 0.25) is 0 Å². The van der Waals surface area contributed by atoms with Crippen LogP contribution in [0.5, 0.6) is 0 Å². The molecule has 0 spiro atoms. The van der Waals surface area contributed by atoms with Crippen molar-refractivity contribution in [1.82, 2.24) is 9.97 Å². The summed E-state index contributed by atoms with van der Waals surface area (Å²) < 4.78 is 0. The first-order valence-electron chi connectivity index (χ1n) is 6.57. The number of aromatic nitrogens is 2. The fraction of sp³-hybridized carbons (Fsp3) is 0.714. The van der Waals surface area contributed by atoms with E-state index >= 15 is 0 Å². The van der Waals surface area contributed by atoms with Gasteiger partial charge in [-0.2, -0.15) is 0 Å². The summed E-state index contributed by atoms with van der Waals surface area (Å²) in [5.41, 5.74) is 0.925. The zero-order valence-corrected chi connectivity index (χ0v) is 10.8. The van der Waals surface area contributed by atoms with Gasteiger partial charge >= 0.3 is 0 Å². The molecule has 0 amide bonds. The lowest BCUT2D eigenvalue weighted by Crippen LogP contribution is -2.28. The lowest BCUT2D eigenvalue weighted by atomic mass is 9.72. The molecule has 17 heavy (non-hydrogen) atoms. The summed E-state index contributed by atoms with van der Waals surface area (Å²) in [5.74, 6) is 0.618. The third-order valence-corrected chi connectivity index (χ3v) is 3.89. The predicted molar refractivity (Wildman–Crippen MR) is 67.3 cm³/mol. The highest BCUT2D eigenvalue weighted by molar-refractivity contribution is 5.12. The Hall–Kier alpha value is -0.960. The molecule has 1 N–H and O–H groups in total. The van der Waals surface area contributed by atoms with Crippen LogP contribution in [0.3, 0.4) is 0 Å². The van der Waals surface area contributed by atoms with Crippen LogP contribution in [0.15, 0.2) is 18.7 Å². The number of rotatable bonds is 4. The molecule has 1 aliphatic carbocycles. The molecule has 0 aromatic carbocycles. The molecule has 0 saturated heterocycles. The van der Waals surface area contributed by atoms with Gasteiger partial charge in [-0.25, -0.2) is 9.97 Å². The maximum Gasteiger partial charge on any atom is 0.115 e. The molecule has 1 aromatic rings. The van der Waals surface area contributed by atoms with E-state index < -0.39 is 6.10 Å². The topological polar surface area (TPSA) is 46.0 Å². The van der Waals surface area contributed by atoms with Gasteiger partial charge < -0.3 is 5.11 Å². The summed E-state index contributed by atoms with van der Waals surface area (Å²) in [6.07, 6.45) is 10.4. The first-order valence-corrected chi connectivity index (χ1v) is 6.57. The van der Waals surface area contributed by atoms with Crippen LogP contribution in [0, 0.1) is 11.3 Å². The second kappa shape index (κ2) is 5.13. The molecule has 3 heteroatoms. The molecule has 1 aromatic heterocycles. The first-order chi connectivity index (χ1) is 8.14. The van der Waals surface area contributed by atoms with Gasteiger partial charge in [0.2, 0.25) is 0 Å². The Kier molecular flexibility index (Phi) is 3.77. The van der Waals surface area contributed by atoms with Crippen LogP contribution in [0.1, 0.15) is 57.6 Å². The summed E-state index contributed by atoms with van der Waals surface area (Å²) in [4.78, 5) is 8.03. The largest absolute Gasteiger partial charge is 0.388 e. The number of hydrogen-bond donors (Lipinski definition) is 1. The molecule has 0 aliphatic heterocycles. The Labute approximate surface area is 103 Å². The molecule has 1 aliphatic rings. The molecular formula is C14H22N2O. The standard InChI is InChI=1S/C14H22N2O/c1-11(2)7-14(5-3-4-6-14)13(17)12-8-15-10-16-9-12/h8-11,13,17H,3-7H2,1-2H3. The van der Waals surface area contributed by atoms with E-state index in [9.17, 15) is 5.11 Å². The van der Waals surface area contributed by atoms with E-state index in [1.54, 1.807) is 12.4 Å². The van der Waals surface area contributed by atoms with E-state index in [0.717, 1.165) is 24.8 Å². The summed E-state index contributed by atoms with van der Waals surface area (Å²) in [6.45, 7) is 4.46. The molecule has 1 atom stereocenters. The van der Waals surface area contributed by atoms with Crippen LogP contribution in [-0.2, 0) is 0 Å². The van der Waals surface area contributed by atoms with Crippen LogP contribution in [0.25, 0.3) is 0 Å². The second-order valence-corrected chi connectivity index (χ2v) is 5.74. The van der Waals surface area contributed by atoms with Crippen molar-refractivity contribution < 1.29 is 5.11 Å². The third kappa shape index (κ3) is 2.65. The van der Waals surface area contributed by atoms with Gasteiger partial charge in [-0.1, -0.05) is 26.7 Å². The van der Waals surface area contributed by atoms with E-state index in [-0.39, 0.29) is 5.41 Å². The van der Waals surface area contributed by atoms with Gasteiger partial charge in [-0.15, -0.1) is 0 Å². The maximum atomic E-state index is 10.6. The van der Waals surface area contributed by atoms with E-state index in [1.807, 2.05) is 0 Å². The molecule has 94 valence electrons. The van der Waals surface area contributed by atoms with Crippen molar-refractivity contribution in [3.8, 4) is 0 Å². The van der Waals surface area contributed by atoms with Gasteiger partial charge in [0.25, 0.3) is 0 Å². The molecule has 0 radical (unpaired) electrons. The minimum absolute atomic E-state index is 0.0544. The van der Waals surface area contributed by atoms with Crippen LogP contribution in [0.4, 0.5) is 0 Å². The monoisotopic (exact) mass is 234 g/mol. The smallest absolute Gasteiger partial charge is 0.115 e. The lowest BCUT2D eigenvalue weighted by molar-refractivity contribution is 0.0107. The van der Waals surface area contributed by atoms with Gasteiger partial charge in [0.1, 0.15) is 6.33 Å². The number of aliphatic hydroxyl groups excluding tert-OH is 1. The fourth-order valence-electron chi connectivity index (χ4n) is 3.29. The van der Waals surface area contributed by atoms with Crippen molar-refractivity contribution in [2.24, 2.45) is 11.3 Å². The summed E-state index contributed by atoms with van der Waals surface area (Å²) >= 11 is 0. The van der Waals surface area contributed by atoms with Crippen molar-refractivity contribution in [3.63, 3.8) is 0 Å². The first kappa shape index (κ1) is 12.5. The summed E-state index contributed by atoms with van der Waals surface area (Å²) in [5, 5.41) is 10.6. The van der Waals surface area contributed by atoms with Crippen molar-refractivity contribution >= 4 is 0 Å². The Bertz CT molecular complexity index is 344. The molecule has 0 bridgehead atoms. The maximum absolute atomic E-state index is 10.6. The molecule has 1 fully saturated rings. The molecule has 1 heterocycles. The van der Waals surface area contributed by atoms with Crippen LogP contribution >= 0.6 is 0 Å². The molecule has 3 nitrogen and oxygen atoms in total. The van der Waals surface area contributed by atoms with Crippen molar-refractivity contribution in [2.75, 3.05) is 0 Å². The number of hydrogen-bond acceptors (Lipinski definition) is 3. The molecular weight excluding hydrogens is 212 g/mol. The third-order valence-electron chi connectivity index (χ3n) is 3.89. The highest BCUT2D eigenvalue weighted by Crippen LogP contribution is 2.51. The van der Waals surface area contributed by atoms with Crippen molar-refractivity contribution in [1.29, 1.82) is 0 Å². The SMILES string of the molecule is CC(C)CC1(C(O)c2cncnc2)CCCC1. The van der Waals surface area contributed by atoms with Gasteiger partial charge in [0.05, 0.1) is 6.10 Å². The molecule has 2 rings (SSSR count). The van der Waals surface area contributed by atoms with Gasteiger partial charge in [-0.3, -0.25) is 0 Å². The highest BCUT2D eigenvalue weighted by atomic mass is 16.3. The van der Waals surface area contributed by atoms with Crippen LogP contribution in [-0.4, -0.2) is 15.1 Å². The van der Waals surface area contributed by atoms with Crippen molar-refractivity contribution in [3.05, 3.63) is 24.3 Å². The normalized spacial score (nSPS) is 20.7. The highest BCUT2D eigenvalue weighted by Gasteiger charge is 2.41. The average molecular weight is 234 g/mol. The molecule has 1 unspecified atom stereocenters. The molecule has 1 saturated carbocycles. The number of aliphatic hydroxyl groups is 1. The second-order valence-electron chi connectivity index (χ2n) is 5.74. The van der Waals surface area contributed by atoms with E-state index in [2.05, 4.69) is 23.8 Å². The Balaban J connectivity index is 2.21. The van der Waals surface area contributed by atoms with Gasteiger partial charge in [0, 0.05) is 23.4 Å². The van der Waals surface area contributed by atoms with Gasteiger partial charge in [0.15, 0.2) is 0 Å². The van der Waals surface area contributed by atoms with Gasteiger partial charge in [-0.05, 0) is 25.2 Å². The fourth-order valence-corrected chi connectivity index (χ4v) is 3.29. The van der Waals surface area contributed by atoms with E-state index in [4.69, 9.17) is 0 Å². The summed E-state index contributed by atoms with van der Waals surface area (Å²) in [6, 6.07) is 0. The number of nitrogens with zero attached hydrogens (tertiary/aromatic N) is 2. The minimum Gasteiger partial charge on any atom is -0.388 e. The average Bonchev–Trinajstić information content (AvgIpc) is 2.78. The zero-order chi connectivity index (χ0) is 12.3. The minimum atomic E-state index is -0.409. The van der Waals surface area contributed by atoms with Crippen LogP contribution < -0.4 is 0 Å².